The third-order valence-corrected chi connectivity index (χ3v) is 5.95. The fourth-order valence-corrected chi connectivity index (χ4v) is 4.00. The van der Waals surface area contributed by atoms with E-state index in [-0.39, 0.29) is 5.02 Å². The lowest BCUT2D eigenvalue weighted by molar-refractivity contribution is -0.0462. The van der Waals surface area contributed by atoms with E-state index in [2.05, 4.69) is 0 Å². The highest BCUT2D eigenvalue weighted by atomic mass is 35.5. The zero-order valence-corrected chi connectivity index (χ0v) is 12.2. The lowest BCUT2D eigenvalue weighted by Crippen LogP contribution is -2.49. The largest absolute Gasteiger partial charge is 0.517 e. The van der Waals surface area contributed by atoms with Crippen molar-refractivity contribution in [2.24, 2.45) is 0 Å². The molecule has 0 N–H and O–H groups in total. The maximum absolute atomic E-state index is 12.5. The summed E-state index contributed by atoms with van der Waals surface area (Å²) in [5.41, 5.74) is -13.9. The molecule has 0 amide bonds. The van der Waals surface area contributed by atoms with Crippen molar-refractivity contribution >= 4 is 37.3 Å². The second-order valence-corrected chi connectivity index (χ2v) is 7.80. The fraction of sp³-hybridized carbons (Fsp3) is 0.250. The van der Waals surface area contributed by atoms with Crippen LogP contribution in [0.2, 0.25) is 5.02 Å². The Kier molecular flexibility index (Phi) is 4.67. The highest BCUT2D eigenvalue weighted by Crippen LogP contribution is 2.38. The molecule has 1 aromatic carbocycles. The number of halogens is 7. The molecular formula is C8H4ClF6NO4S2. The Bertz CT molecular complexity index is 709. The first-order valence-corrected chi connectivity index (χ1v) is 8.07. The van der Waals surface area contributed by atoms with Crippen LogP contribution < -0.4 is 3.71 Å². The summed E-state index contributed by atoms with van der Waals surface area (Å²) < 4.78 is 118. The zero-order chi connectivity index (χ0) is 17.6. The average molecular weight is 392 g/mol. The number of hydrogen-bond acceptors (Lipinski definition) is 4. The van der Waals surface area contributed by atoms with E-state index in [1.807, 2.05) is 0 Å². The van der Waals surface area contributed by atoms with Gasteiger partial charge in [-0.05, 0) is 24.3 Å². The maximum Gasteiger partial charge on any atom is 0.517 e. The molecule has 0 atom stereocenters. The van der Waals surface area contributed by atoms with E-state index >= 15 is 0 Å². The summed E-state index contributed by atoms with van der Waals surface area (Å²) in [7, 11) is -13.7. The number of benzene rings is 1. The van der Waals surface area contributed by atoms with Gasteiger partial charge in [-0.15, -0.1) is 3.71 Å². The molecule has 22 heavy (non-hydrogen) atoms. The standard InChI is InChI=1S/C8H4ClF6NO4S2/c9-5-1-3-6(4-2-5)16(21(17,18)7(10,11)12)22(19,20)8(13,14)15/h1-4H. The predicted molar refractivity (Wildman–Crippen MR) is 63.9 cm³/mol. The van der Waals surface area contributed by atoms with Gasteiger partial charge in [0.15, 0.2) is 0 Å². The summed E-state index contributed by atoms with van der Waals surface area (Å²) >= 11 is 5.36. The number of hydrogen-bond donors (Lipinski definition) is 0. The van der Waals surface area contributed by atoms with Crippen LogP contribution in [0.3, 0.4) is 0 Å². The molecule has 0 heterocycles. The van der Waals surface area contributed by atoms with Crippen LogP contribution >= 0.6 is 11.6 Å². The molecule has 126 valence electrons. The van der Waals surface area contributed by atoms with Crippen LogP contribution in [0.4, 0.5) is 32.0 Å². The number of sulfonamides is 2. The molecule has 14 heteroatoms. The van der Waals surface area contributed by atoms with E-state index in [0.29, 0.717) is 12.1 Å². The molecular weight excluding hydrogens is 388 g/mol. The highest BCUT2D eigenvalue weighted by Gasteiger charge is 2.61. The molecule has 0 unspecified atom stereocenters. The van der Waals surface area contributed by atoms with Crippen LogP contribution in [0.1, 0.15) is 0 Å². The van der Waals surface area contributed by atoms with Gasteiger partial charge in [0.25, 0.3) is 0 Å². The summed E-state index contributed by atoms with van der Waals surface area (Å²) in [6, 6.07) is 2.22. The van der Waals surface area contributed by atoms with Crippen molar-refractivity contribution in [3.8, 4) is 0 Å². The minimum Gasteiger partial charge on any atom is -0.196 e. The number of nitrogens with zero attached hydrogens (tertiary/aromatic N) is 1. The summed E-state index contributed by atoms with van der Waals surface area (Å²) in [4.78, 5) is 0. The Morgan fingerprint density at radius 2 is 1.09 bits per heavy atom. The van der Waals surface area contributed by atoms with Crippen LogP contribution in [-0.4, -0.2) is 27.9 Å². The SMILES string of the molecule is O=S(=O)(N(c1ccc(Cl)cc1)S(=O)(=O)C(F)(F)F)C(F)(F)F. The Morgan fingerprint density at radius 3 is 1.36 bits per heavy atom. The van der Waals surface area contributed by atoms with Crippen LogP contribution in [0, 0.1) is 0 Å². The first kappa shape index (κ1) is 18.8. The van der Waals surface area contributed by atoms with Gasteiger partial charge in [-0.2, -0.15) is 43.2 Å². The second kappa shape index (κ2) is 5.45. The second-order valence-electron chi connectivity index (χ2n) is 3.58. The normalized spacial score (nSPS) is 14.0. The monoisotopic (exact) mass is 391 g/mol. The van der Waals surface area contributed by atoms with Gasteiger partial charge < -0.3 is 0 Å². The number of rotatable bonds is 3. The molecule has 0 aliphatic carbocycles. The van der Waals surface area contributed by atoms with Crippen LogP contribution in [0.5, 0.6) is 0 Å². The van der Waals surface area contributed by atoms with Crippen LogP contribution in [-0.2, 0) is 20.0 Å². The average Bonchev–Trinajstić information content (AvgIpc) is 2.28. The predicted octanol–water partition coefficient (Wildman–Crippen LogP) is 2.85. The van der Waals surface area contributed by atoms with E-state index in [1.54, 1.807) is 0 Å². The van der Waals surface area contributed by atoms with Gasteiger partial charge in [-0.25, -0.2) is 0 Å². The van der Waals surface area contributed by atoms with Gasteiger partial charge >= 0.3 is 31.1 Å². The molecule has 1 aromatic rings. The van der Waals surface area contributed by atoms with Crippen LogP contribution in [0.25, 0.3) is 0 Å². The smallest absolute Gasteiger partial charge is 0.196 e. The van der Waals surface area contributed by atoms with E-state index in [1.165, 1.54) is 0 Å². The van der Waals surface area contributed by atoms with Crippen molar-refractivity contribution in [2.75, 3.05) is 3.71 Å². The fourth-order valence-electron chi connectivity index (χ4n) is 1.16. The molecule has 5 nitrogen and oxygen atoms in total. The molecule has 0 aromatic heterocycles. The van der Waals surface area contributed by atoms with Crippen molar-refractivity contribution < 1.29 is 43.2 Å². The van der Waals surface area contributed by atoms with Crippen molar-refractivity contribution in [3.63, 3.8) is 0 Å². The molecule has 0 spiro atoms. The number of alkyl halides is 6. The number of anilines is 1. The summed E-state index contributed by atoms with van der Waals surface area (Å²) in [5.74, 6) is 0. The Balaban J connectivity index is 3.73. The highest BCUT2D eigenvalue weighted by molar-refractivity contribution is 8.11. The topological polar surface area (TPSA) is 71.5 Å². The molecule has 0 saturated carbocycles. The van der Waals surface area contributed by atoms with Crippen molar-refractivity contribution in [1.82, 2.24) is 0 Å². The quantitative estimate of drug-likeness (QED) is 0.743. The third-order valence-electron chi connectivity index (χ3n) is 2.06. The maximum atomic E-state index is 12.5. The van der Waals surface area contributed by atoms with Gasteiger partial charge in [0.05, 0.1) is 5.69 Å². The molecule has 0 aliphatic rings. The van der Waals surface area contributed by atoms with Crippen molar-refractivity contribution in [2.45, 2.75) is 11.0 Å². The minimum absolute atomic E-state index is 0.169. The summed E-state index contributed by atoms with van der Waals surface area (Å²) in [6.45, 7) is 0. The van der Waals surface area contributed by atoms with Crippen molar-refractivity contribution in [3.05, 3.63) is 29.3 Å². The van der Waals surface area contributed by atoms with Gasteiger partial charge in [-0.1, -0.05) is 11.6 Å². The molecule has 1 rings (SSSR count). The lowest BCUT2D eigenvalue weighted by Gasteiger charge is -2.25. The van der Waals surface area contributed by atoms with Crippen LogP contribution in [0.15, 0.2) is 24.3 Å². The lowest BCUT2D eigenvalue weighted by atomic mass is 10.3. The summed E-state index contributed by atoms with van der Waals surface area (Å²) in [5, 5.41) is -0.169. The van der Waals surface area contributed by atoms with E-state index in [9.17, 15) is 43.2 Å². The summed E-state index contributed by atoms with van der Waals surface area (Å²) in [6.07, 6.45) is 0. The first-order chi connectivity index (χ1) is 9.62. The minimum atomic E-state index is -6.86. The van der Waals surface area contributed by atoms with E-state index < -0.39 is 40.5 Å². The third kappa shape index (κ3) is 3.25. The molecule has 0 bridgehead atoms. The Labute approximate surface area is 125 Å². The van der Waals surface area contributed by atoms with Gasteiger partial charge in [0.2, 0.25) is 0 Å². The molecule has 0 saturated heterocycles. The molecule has 0 aliphatic heterocycles. The Hall–Kier alpha value is -1.21. The molecule has 0 radical (unpaired) electrons. The van der Waals surface area contributed by atoms with Gasteiger partial charge in [0, 0.05) is 5.02 Å². The first-order valence-electron chi connectivity index (χ1n) is 4.81. The molecule has 0 fully saturated rings. The zero-order valence-electron chi connectivity index (χ0n) is 9.85. The van der Waals surface area contributed by atoms with Gasteiger partial charge in [-0.3, -0.25) is 0 Å². The van der Waals surface area contributed by atoms with E-state index in [0.717, 1.165) is 12.1 Å². The van der Waals surface area contributed by atoms with Gasteiger partial charge in [0.1, 0.15) is 0 Å². The Morgan fingerprint density at radius 1 is 0.773 bits per heavy atom. The van der Waals surface area contributed by atoms with Crippen molar-refractivity contribution in [1.29, 1.82) is 0 Å². The van der Waals surface area contributed by atoms with E-state index in [4.69, 9.17) is 11.6 Å².